The fraction of sp³-hybridized carbons (Fsp3) is 0.296. The van der Waals surface area contributed by atoms with E-state index in [-0.39, 0.29) is 11.7 Å². The number of piperazine rings is 1. The van der Waals surface area contributed by atoms with E-state index in [1.54, 1.807) is 63.8 Å². The Hall–Kier alpha value is -3.91. The fourth-order valence-electron chi connectivity index (χ4n) is 4.08. The van der Waals surface area contributed by atoms with Crippen LogP contribution >= 0.6 is 0 Å². The molecule has 2 heterocycles. The van der Waals surface area contributed by atoms with Crippen LogP contribution in [0.15, 0.2) is 48.5 Å². The van der Waals surface area contributed by atoms with Gasteiger partial charge in [0.1, 0.15) is 0 Å². The number of hydrogen-bond acceptors (Lipinski definition) is 7. The molecule has 8 nitrogen and oxygen atoms in total. The van der Waals surface area contributed by atoms with Crippen molar-refractivity contribution in [2.45, 2.75) is 0 Å². The highest BCUT2D eigenvalue weighted by atomic mass is 16.5. The maximum absolute atomic E-state index is 12.7. The second kappa shape index (κ2) is 10.6. The third-order valence-corrected chi connectivity index (χ3v) is 6.13. The molecule has 182 valence electrons. The first-order chi connectivity index (χ1) is 16.9. The lowest BCUT2D eigenvalue weighted by atomic mass is 10.1. The smallest absolute Gasteiger partial charge is 0.253 e. The van der Waals surface area contributed by atoms with Gasteiger partial charge in [-0.3, -0.25) is 9.59 Å². The number of fused-ring (bicyclic) bond motifs is 1. The fourth-order valence-corrected chi connectivity index (χ4v) is 4.08. The number of ketones is 1. The van der Waals surface area contributed by atoms with Gasteiger partial charge in [0.2, 0.25) is 5.75 Å². The second-order valence-corrected chi connectivity index (χ2v) is 8.32. The number of allylic oxidation sites excluding steroid dienone is 1. The van der Waals surface area contributed by atoms with Crippen molar-refractivity contribution in [2.75, 3.05) is 54.6 Å². The molecule has 1 amide bonds. The summed E-state index contributed by atoms with van der Waals surface area (Å²) < 4.78 is 16.3. The van der Waals surface area contributed by atoms with Crippen LogP contribution in [-0.2, 0) is 0 Å². The zero-order valence-corrected chi connectivity index (χ0v) is 20.4. The average Bonchev–Trinajstić information content (AvgIpc) is 2.90. The molecule has 1 aromatic heterocycles. The Morgan fingerprint density at radius 3 is 2.14 bits per heavy atom. The molecule has 0 radical (unpaired) electrons. The Kier molecular flexibility index (Phi) is 7.31. The maximum Gasteiger partial charge on any atom is 0.253 e. The van der Waals surface area contributed by atoms with Crippen molar-refractivity contribution in [3.63, 3.8) is 0 Å². The highest BCUT2D eigenvalue weighted by Crippen LogP contribution is 2.42. The Balaban J connectivity index is 1.50. The van der Waals surface area contributed by atoms with Crippen molar-refractivity contribution >= 4 is 28.7 Å². The first-order valence-corrected chi connectivity index (χ1v) is 11.3. The van der Waals surface area contributed by atoms with E-state index in [9.17, 15) is 9.59 Å². The molecule has 0 N–H and O–H groups in total. The third-order valence-electron chi connectivity index (χ3n) is 6.13. The lowest BCUT2D eigenvalue weighted by Gasteiger charge is -2.32. The van der Waals surface area contributed by atoms with Crippen molar-refractivity contribution in [2.24, 2.45) is 0 Å². The van der Waals surface area contributed by atoms with E-state index in [0.29, 0.717) is 52.7 Å². The van der Waals surface area contributed by atoms with Crippen LogP contribution in [0.4, 0.5) is 0 Å². The number of carbonyl (C=O) groups excluding carboxylic acids is 2. The molecule has 35 heavy (non-hydrogen) atoms. The molecule has 1 aliphatic rings. The minimum absolute atomic E-state index is 0.00417. The van der Waals surface area contributed by atoms with Crippen molar-refractivity contribution in [3.05, 3.63) is 65.4 Å². The molecule has 3 aromatic rings. The summed E-state index contributed by atoms with van der Waals surface area (Å²) >= 11 is 0. The maximum atomic E-state index is 12.7. The molecule has 0 atom stereocenters. The first kappa shape index (κ1) is 24.2. The van der Waals surface area contributed by atoms with Crippen LogP contribution in [0.25, 0.3) is 17.0 Å². The van der Waals surface area contributed by atoms with E-state index >= 15 is 0 Å². The van der Waals surface area contributed by atoms with Crippen LogP contribution in [0.3, 0.4) is 0 Å². The minimum atomic E-state index is -0.171. The van der Waals surface area contributed by atoms with Gasteiger partial charge in [-0.15, -0.1) is 0 Å². The van der Waals surface area contributed by atoms with Gasteiger partial charge in [-0.2, -0.15) is 0 Å². The van der Waals surface area contributed by atoms with Crippen LogP contribution in [0.2, 0.25) is 0 Å². The predicted molar refractivity (Wildman–Crippen MR) is 135 cm³/mol. The third kappa shape index (κ3) is 5.12. The van der Waals surface area contributed by atoms with E-state index in [0.717, 1.165) is 18.5 Å². The van der Waals surface area contributed by atoms with Gasteiger partial charge in [-0.25, -0.2) is 4.98 Å². The van der Waals surface area contributed by atoms with E-state index in [1.165, 1.54) is 6.08 Å². The number of aromatic nitrogens is 1. The second-order valence-electron chi connectivity index (χ2n) is 8.32. The molecule has 4 rings (SSSR count). The number of nitrogens with zero attached hydrogens (tertiary/aromatic N) is 3. The summed E-state index contributed by atoms with van der Waals surface area (Å²) in [4.78, 5) is 34.1. The Labute approximate surface area is 204 Å². The van der Waals surface area contributed by atoms with Gasteiger partial charge in [0.15, 0.2) is 17.3 Å². The predicted octanol–water partition coefficient (Wildman–Crippen LogP) is 3.54. The summed E-state index contributed by atoms with van der Waals surface area (Å²) in [7, 11) is 6.72. The van der Waals surface area contributed by atoms with Gasteiger partial charge >= 0.3 is 0 Å². The molecular formula is C27H29N3O5. The van der Waals surface area contributed by atoms with Crippen molar-refractivity contribution in [1.29, 1.82) is 0 Å². The van der Waals surface area contributed by atoms with Crippen LogP contribution in [0.5, 0.6) is 17.2 Å². The zero-order chi connectivity index (χ0) is 24.9. The molecule has 8 heteroatoms. The average molecular weight is 476 g/mol. The molecule has 0 saturated carbocycles. The molecular weight excluding hydrogens is 446 g/mol. The van der Waals surface area contributed by atoms with E-state index in [1.807, 2.05) is 18.0 Å². The largest absolute Gasteiger partial charge is 0.493 e. The quantitative estimate of drug-likeness (QED) is 0.382. The molecule has 2 aromatic carbocycles. The van der Waals surface area contributed by atoms with Crippen molar-refractivity contribution in [3.8, 4) is 17.2 Å². The van der Waals surface area contributed by atoms with Crippen LogP contribution < -0.4 is 14.2 Å². The number of pyridine rings is 1. The van der Waals surface area contributed by atoms with E-state index in [4.69, 9.17) is 14.2 Å². The first-order valence-electron chi connectivity index (χ1n) is 11.3. The molecule has 0 unspecified atom stereocenters. The highest BCUT2D eigenvalue weighted by Gasteiger charge is 2.20. The normalized spacial score (nSPS) is 14.3. The number of carbonyl (C=O) groups is 2. The van der Waals surface area contributed by atoms with Gasteiger partial charge in [0, 0.05) is 48.8 Å². The van der Waals surface area contributed by atoms with Crippen LogP contribution in [0.1, 0.15) is 26.4 Å². The standard InChI is InChI=1S/C27H29N3O5/c1-29-13-15-30(16-14-29)27(32)19-7-5-18(6-8-19)23(31)12-10-20-9-11-21-22(28-20)17-24(33-2)26(35-4)25(21)34-3/h5-12,17H,13-16H2,1-4H3. The summed E-state index contributed by atoms with van der Waals surface area (Å²) in [5, 5.41) is 0.772. The molecule has 0 spiro atoms. The summed E-state index contributed by atoms with van der Waals surface area (Å²) in [6.07, 6.45) is 3.14. The number of benzene rings is 2. The number of methoxy groups -OCH3 is 3. The Morgan fingerprint density at radius 1 is 0.857 bits per heavy atom. The topological polar surface area (TPSA) is 81.2 Å². The van der Waals surface area contributed by atoms with Crippen molar-refractivity contribution < 1.29 is 23.8 Å². The zero-order valence-electron chi connectivity index (χ0n) is 20.4. The van der Waals surface area contributed by atoms with Crippen molar-refractivity contribution in [1.82, 2.24) is 14.8 Å². The number of ether oxygens (including phenoxy) is 3. The molecule has 0 bridgehead atoms. The summed E-state index contributed by atoms with van der Waals surface area (Å²) in [5.41, 5.74) is 2.36. The van der Waals surface area contributed by atoms with Crippen LogP contribution in [0, 0.1) is 0 Å². The summed E-state index contributed by atoms with van der Waals surface area (Å²) in [5.74, 6) is 1.36. The lowest BCUT2D eigenvalue weighted by Crippen LogP contribution is -2.47. The van der Waals surface area contributed by atoms with Crippen LogP contribution in [-0.4, -0.2) is 81.0 Å². The molecule has 0 aliphatic carbocycles. The highest BCUT2D eigenvalue weighted by molar-refractivity contribution is 6.07. The molecule has 1 fully saturated rings. The number of amides is 1. The number of rotatable bonds is 7. The van der Waals surface area contributed by atoms with Gasteiger partial charge < -0.3 is 24.0 Å². The van der Waals surface area contributed by atoms with E-state index < -0.39 is 0 Å². The van der Waals surface area contributed by atoms with E-state index in [2.05, 4.69) is 9.88 Å². The monoisotopic (exact) mass is 475 g/mol. The summed E-state index contributed by atoms with van der Waals surface area (Å²) in [6, 6.07) is 12.2. The number of likely N-dealkylation sites (N-methyl/N-ethyl adjacent to an activating group) is 1. The summed E-state index contributed by atoms with van der Waals surface area (Å²) in [6.45, 7) is 3.15. The minimum Gasteiger partial charge on any atom is -0.493 e. The SMILES string of the molecule is COc1cc2nc(C=CC(=O)c3ccc(C(=O)N4CCN(C)CC4)cc3)ccc2c(OC)c1OC. The lowest BCUT2D eigenvalue weighted by molar-refractivity contribution is 0.0664. The molecule has 1 saturated heterocycles. The van der Waals surface area contributed by atoms with Gasteiger partial charge in [0.05, 0.1) is 32.5 Å². The number of hydrogen-bond donors (Lipinski definition) is 0. The Bertz CT molecular complexity index is 1260. The van der Waals surface area contributed by atoms with Gasteiger partial charge in [-0.05, 0) is 43.5 Å². The van der Waals surface area contributed by atoms with Gasteiger partial charge in [-0.1, -0.05) is 12.1 Å². The molecule has 1 aliphatic heterocycles. The van der Waals surface area contributed by atoms with Gasteiger partial charge in [0.25, 0.3) is 5.91 Å². The Morgan fingerprint density at radius 2 is 1.51 bits per heavy atom.